The van der Waals surface area contributed by atoms with E-state index in [9.17, 15) is 9.90 Å². The molecule has 0 spiro atoms. The zero-order valence-electron chi connectivity index (χ0n) is 12.6. The molecule has 2 aromatic rings. The van der Waals surface area contributed by atoms with Crippen molar-refractivity contribution >= 4 is 22.5 Å². The van der Waals surface area contributed by atoms with Gasteiger partial charge in [-0.1, -0.05) is 38.8 Å². The first kappa shape index (κ1) is 15.5. The summed E-state index contributed by atoms with van der Waals surface area (Å²) in [5, 5.41) is 21.2. The maximum atomic E-state index is 12.2. The molecule has 0 atom stereocenters. The minimum atomic E-state index is -0.907. The van der Waals surface area contributed by atoms with Crippen LogP contribution in [-0.2, 0) is 4.79 Å². The molecule has 0 unspecified atom stereocenters. The molecule has 0 bridgehead atoms. The van der Waals surface area contributed by atoms with E-state index in [-0.39, 0.29) is 12.3 Å². The van der Waals surface area contributed by atoms with Crippen LogP contribution < -0.4 is 5.32 Å². The number of H-pyrrole nitrogens is 1. The van der Waals surface area contributed by atoms with E-state index in [1.54, 1.807) is 6.20 Å². The van der Waals surface area contributed by atoms with Crippen molar-refractivity contribution in [3.8, 4) is 0 Å². The van der Waals surface area contributed by atoms with Crippen molar-refractivity contribution in [1.82, 2.24) is 10.2 Å². The Morgan fingerprint density at radius 3 is 2.71 bits per heavy atom. The molecule has 5 heteroatoms. The Labute approximate surface area is 124 Å². The number of rotatable bonds is 7. The molecule has 114 valence electrons. The van der Waals surface area contributed by atoms with Gasteiger partial charge in [-0.05, 0) is 18.9 Å². The second-order valence-electron chi connectivity index (χ2n) is 5.59. The van der Waals surface area contributed by atoms with E-state index in [0.717, 1.165) is 23.7 Å². The van der Waals surface area contributed by atoms with Gasteiger partial charge in [-0.25, -0.2) is 0 Å². The van der Waals surface area contributed by atoms with Crippen molar-refractivity contribution in [3.05, 3.63) is 24.4 Å². The summed E-state index contributed by atoms with van der Waals surface area (Å²) < 4.78 is 0. The highest BCUT2D eigenvalue weighted by Crippen LogP contribution is 2.25. The first-order valence-corrected chi connectivity index (χ1v) is 7.52. The number of hydrogen-bond donors (Lipinski definition) is 3. The molecule has 3 N–H and O–H groups in total. The van der Waals surface area contributed by atoms with Crippen LogP contribution in [0.1, 0.15) is 46.0 Å². The van der Waals surface area contributed by atoms with Crippen LogP contribution in [0.3, 0.4) is 0 Å². The summed E-state index contributed by atoms with van der Waals surface area (Å²) in [6.45, 7) is 4.04. The number of carbonyl (C=O) groups excluding carboxylic acids is 1. The van der Waals surface area contributed by atoms with E-state index in [4.69, 9.17) is 0 Å². The van der Waals surface area contributed by atoms with Crippen molar-refractivity contribution in [2.24, 2.45) is 0 Å². The van der Waals surface area contributed by atoms with E-state index >= 15 is 0 Å². The van der Waals surface area contributed by atoms with Crippen LogP contribution >= 0.6 is 0 Å². The van der Waals surface area contributed by atoms with Gasteiger partial charge in [0, 0.05) is 5.39 Å². The minimum absolute atomic E-state index is 0.124. The van der Waals surface area contributed by atoms with Gasteiger partial charge in [-0.3, -0.25) is 9.89 Å². The number of carbonyl (C=O) groups is 1. The SMILES string of the molecule is CCCC(O)(CCC)CC(=O)Nc1cccc2cn[nH]c12. The third-order valence-corrected chi connectivity index (χ3v) is 3.67. The quantitative estimate of drug-likeness (QED) is 0.732. The number of aromatic amines is 1. The highest BCUT2D eigenvalue weighted by atomic mass is 16.3. The fourth-order valence-electron chi connectivity index (χ4n) is 2.80. The van der Waals surface area contributed by atoms with Gasteiger partial charge >= 0.3 is 0 Å². The van der Waals surface area contributed by atoms with Gasteiger partial charge in [0.05, 0.1) is 29.4 Å². The molecular formula is C16H23N3O2. The lowest BCUT2D eigenvalue weighted by atomic mass is 9.89. The number of amides is 1. The summed E-state index contributed by atoms with van der Waals surface area (Å²) in [6.07, 6.45) is 4.85. The van der Waals surface area contributed by atoms with Gasteiger partial charge in [-0.2, -0.15) is 5.10 Å². The average Bonchev–Trinajstić information content (AvgIpc) is 2.88. The van der Waals surface area contributed by atoms with Gasteiger partial charge in [0.1, 0.15) is 0 Å². The summed E-state index contributed by atoms with van der Waals surface area (Å²) >= 11 is 0. The normalized spacial score (nSPS) is 11.8. The molecule has 5 nitrogen and oxygen atoms in total. The van der Waals surface area contributed by atoms with Gasteiger partial charge in [-0.15, -0.1) is 0 Å². The lowest BCUT2D eigenvalue weighted by Gasteiger charge is -2.26. The Morgan fingerprint density at radius 2 is 2.05 bits per heavy atom. The molecule has 0 radical (unpaired) electrons. The Balaban J connectivity index is 2.08. The zero-order chi connectivity index (χ0) is 15.3. The molecule has 0 saturated heterocycles. The van der Waals surface area contributed by atoms with Crippen LogP contribution in [0.5, 0.6) is 0 Å². The van der Waals surface area contributed by atoms with Gasteiger partial charge in [0.15, 0.2) is 0 Å². The summed E-state index contributed by atoms with van der Waals surface area (Å²) in [7, 11) is 0. The Kier molecular flexibility index (Phi) is 4.96. The molecule has 0 aliphatic rings. The number of aliphatic hydroxyl groups is 1. The third kappa shape index (κ3) is 3.82. The molecule has 0 saturated carbocycles. The standard InChI is InChI=1S/C16H23N3O2/c1-3-8-16(21,9-4-2)10-14(20)18-13-7-5-6-12-11-17-19-15(12)13/h5-7,11,21H,3-4,8-10H2,1-2H3,(H,17,19)(H,18,20). The average molecular weight is 289 g/mol. The number of nitrogens with one attached hydrogen (secondary N) is 2. The number of benzene rings is 1. The molecular weight excluding hydrogens is 266 g/mol. The van der Waals surface area contributed by atoms with Crippen molar-refractivity contribution in [2.75, 3.05) is 5.32 Å². The zero-order valence-corrected chi connectivity index (χ0v) is 12.6. The van der Waals surface area contributed by atoms with Crippen LogP contribution in [0.15, 0.2) is 24.4 Å². The summed E-state index contributed by atoms with van der Waals surface area (Å²) in [6, 6.07) is 5.63. The number of anilines is 1. The Bertz CT molecular complexity index is 600. The van der Waals surface area contributed by atoms with Crippen molar-refractivity contribution in [1.29, 1.82) is 0 Å². The van der Waals surface area contributed by atoms with Gasteiger partial charge in [0.2, 0.25) is 5.91 Å². The minimum Gasteiger partial charge on any atom is -0.389 e. The molecule has 1 aromatic heterocycles. The first-order valence-electron chi connectivity index (χ1n) is 7.52. The lowest BCUT2D eigenvalue weighted by Crippen LogP contribution is -2.33. The van der Waals surface area contributed by atoms with Crippen LogP contribution in [0.25, 0.3) is 10.9 Å². The second-order valence-corrected chi connectivity index (χ2v) is 5.59. The van der Waals surface area contributed by atoms with Crippen molar-refractivity contribution in [3.63, 3.8) is 0 Å². The monoisotopic (exact) mass is 289 g/mol. The van der Waals surface area contributed by atoms with E-state index < -0.39 is 5.60 Å². The summed E-state index contributed by atoms with van der Waals surface area (Å²) in [5.74, 6) is -0.165. The number of nitrogens with zero attached hydrogens (tertiary/aromatic N) is 1. The highest BCUT2D eigenvalue weighted by molar-refractivity contribution is 6.00. The highest BCUT2D eigenvalue weighted by Gasteiger charge is 2.28. The van der Waals surface area contributed by atoms with E-state index in [2.05, 4.69) is 15.5 Å². The van der Waals surface area contributed by atoms with Crippen LogP contribution in [0.2, 0.25) is 0 Å². The second kappa shape index (κ2) is 6.72. The maximum Gasteiger partial charge on any atom is 0.227 e. The van der Waals surface area contributed by atoms with Crippen molar-refractivity contribution in [2.45, 2.75) is 51.6 Å². The predicted octanol–water partition coefficient (Wildman–Crippen LogP) is 3.22. The number of aromatic nitrogens is 2. The molecule has 1 heterocycles. The van der Waals surface area contributed by atoms with E-state index in [0.29, 0.717) is 18.5 Å². The van der Waals surface area contributed by atoms with E-state index in [1.807, 2.05) is 32.0 Å². The molecule has 2 rings (SSSR count). The largest absolute Gasteiger partial charge is 0.389 e. The molecule has 21 heavy (non-hydrogen) atoms. The van der Waals surface area contributed by atoms with Crippen LogP contribution in [-0.4, -0.2) is 26.8 Å². The lowest BCUT2D eigenvalue weighted by molar-refractivity contribution is -0.121. The number of hydrogen-bond acceptors (Lipinski definition) is 3. The fraction of sp³-hybridized carbons (Fsp3) is 0.500. The molecule has 0 aliphatic carbocycles. The molecule has 1 amide bonds. The third-order valence-electron chi connectivity index (χ3n) is 3.67. The summed E-state index contributed by atoms with van der Waals surface area (Å²) in [4.78, 5) is 12.2. The van der Waals surface area contributed by atoms with Crippen molar-refractivity contribution < 1.29 is 9.90 Å². The smallest absolute Gasteiger partial charge is 0.227 e. The summed E-state index contributed by atoms with van der Waals surface area (Å²) in [5.41, 5.74) is 0.598. The molecule has 1 aromatic carbocycles. The van der Waals surface area contributed by atoms with Gasteiger partial charge < -0.3 is 10.4 Å². The first-order chi connectivity index (χ1) is 10.1. The number of fused-ring (bicyclic) bond motifs is 1. The van der Waals surface area contributed by atoms with Crippen LogP contribution in [0, 0.1) is 0 Å². The fourth-order valence-corrected chi connectivity index (χ4v) is 2.80. The topological polar surface area (TPSA) is 78.0 Å². The number of para-hydroxylation sites is 1. The van der Waals surface area contributed by atoms with Crippen LogP contribution in [0.4, 0.5) is 5.69 Å². The maximum absolute atomic E-state index is 12.2. The molecule has 0 aliphatic heterocycles. The van der Waals surface area contributed by atoms with E-state index in [1.165, 1.54) is 0 Å². The molecule has 0 fully saturated rings. The van der Waals surface area contributed by atoms with Gasteiger partial charge in [0.25, 0.3) is 0 Å². The Morgan fingerprint density at radius 1 is 1.33 bits per heavy atom. The Hall–Kier alpha value is -1.88. The predicted molar refractivity (Wildman–Crippen MR) is 84.1 cm³/mol.